The van der Waals surface area contributed by atoms with E-state index in [0.717, 1.165) is 24.8 Å². The maximum atomic E-state index is 13.2. The summed E-state index contributed by atoms with van der Waals surface area (Å²) >= 11 is 0. The Kier molecular flexibility index (Phi) is 8.66. The van der Waals surface area contributed by atoms with Crippen LogP contribution >= 0.6 is 0 Å². The van der Waals surface area contributed by atoms with Crippen LogP contribution in [0.4, 0.5) is 0 Å². The molecule has 1 saturated carbocycles. The SMILES string of the molecule is CCC(C)CC(C)/C=C(\C)[C@@H]1O[C@H](c2c(O)c([C@@]3(O)CCC(=O)C[C@H]3O)cn(C)c2=O)CC[C@H]1C. The van der Waals surface area contributed by atoms with Crippen molar-refractivity contribution in [1.82, 2.24) is 4.57 Å². The summed E-state index contributed by atoms with van der Waals surface area (Å²) in [5.74, 6) is 0.849. The number of carbonyl (C=O) groups excluding carboxylic acids is 1. The molecular weight excluding hydrogens is 446 g/mol. The van der Waals surface area contributed by atoms with Gasteiger partial charge in [-0.3, -0.25) is 9.59 Å². The molecule has 2 fully saturated rings. The first kappa shape index (κ1) is 27.6. The van der Waals surface area contributed by atoms with Gasteiger partial charge in [0.15, 0.2) is 0 Å². The van der Waals surface area contributed by atoms with Gasteiger partial charge >= 0.3 is 0 Å². The number of aryl methyl sites for hydroxylation is 1. The largest absolute Gasteiger partial charge is 0.507 e. The van der Waals surface area contributed by atoms with Gasteiger partial charge in [-0.05, 0) is 55.9 Å². The number of ketones is 1. The lowest BCUT2D eigenvalue weighted by Crippen LogP contribution is -2.46. The van der Waals surface area contributed by atoms with E-state index in [-0.39, 0.29) is 59.5 Å². The highest BCUT2D eigenvalue weighted by Gasteiger charge is 2.46. The number of aromatic nitrogens is 1. The third-order valence-electron chi connectivity index (χ3n) is 8.11. The fraction of sp³-hybridized carbons (Fsp3) is 0.714. The predicted octanol–water partition coefficient (Wildman–Crippen LogP) is 4.27. The number of nitrogens with zero attached hydrogens (tertiary/aromatic N) is 1. The van der Waals surface area contributed by atoms with Crippen LogP contribution in [0.1, 0.15) is 96.8 Å². The molecular formula is C28H43NO6. The minimum absolute atomic E-state index is 0.0146. The van der Waals surface area contributed by atoms with Gasteiger partial charge in [0.2, 0.25) is 0 Å². The topological polar surface area (TPSA) is 109 Å². The van der Waals surface area contributed by atoms with Crippen molar-refractivity contribution in [2.75, 3.05) is 0 Å². The maximum Gasteiger partial charge on any atom is 0.259 e. The molecule has 3 rings (SSSR count). The number of carbonyl (C=O) groups is 1. The molecule has 1 aromatic heterocycles. The molecule has 1 aromatic rings. The molecule has 1 saturated heterocycles. The van der Waals surface area contributed by atoms with Gasteiger partial charge in [-0.2, -0.15) is 0 Å². The van der Waals surface area contributed by atoms with Crippen LogP contribution in [-0.4, -0.2) is 37.9 Å². The Bertz CT molecular complexity index is 1010. The highest BCUT2D eigenvalue weighted by atomic mass is 16.5. The molecule has 7 nitrogen and oxygen atoms in total. The number of hydrogen-bond acceptors (Lipinski definition) is 6. The lowest BCUT2D eigenvalue weighted by Gasteiger charge is -2.39. The first-order valence-electron chi connectivity index (χ1n) is 13.1. The summed E-state index contributed by atoms with van der Waals surface area (Å²) in [6.07, 6.45) is 5.01. The van der Waals surface area contributed by atoms with Crippen molar-refractivity contribution in [3.05, 3.63) is 39.3 Å². The zero-order valence-electron chi connectivity index (χ0n) is 22.1. The molecule has 1 aliphatic heterocycles. The molecule has 0 aromatic carbocycles. The number of aliphatic hydroxyl groups is 2. The Labute approximate surface area is 208 Å². The number of aliphatic hydroxyl groups excluding tert-OH is 1. The summed E-state index contributed by atoms with van der Waals surface area (Å²) in [6, 6.07) is 0. The van der Waals surface area contributed by atoms with Crippen molar-refractivity contribution in [2.24, 2.45) is 24.8 Å². The lowest BCUT2D eigenvalue weighted by atomic mass is 9.76. The highest BCUT2D eigenvalue weighted by Crippen LogP contribution is 2.45. The minimum Gasteiger partial charge on any atom is -0.507 e. The summed E-state index contributed by atoms with van der Waals surface area (Å²) < 4.78 is 7.79. The summed E-state index contributed by atoms with van der Waals surface area (Å²) in [4.78, 5) is 24.9. The highest BCUT2D eigenvalue weighted by molar-refractivity contribution is 5.80. The molecule has 196 valence electrons. The molecule has 7 heteroatoms. The van der Waals surface area contributed by atoms with Gasteiger partial charge in [0.05, 0.1) is 23.9 Å². The van der Waals surface area contributed by atoms with Crippen LogP contribution in [0, 0.1) is 17.8 Å². The zero-order valence-corrected chi connectivity index (χ0v) is 22.1. The Balaban J connectivity index is 1.95. The third-order valence-corrected chi connectivity index (χ3v) is 8.11. The number of rotatable bonds is 7. The van der Waals surface area contributed by atoms with Crippen LogP contribution in [0.3, 0.4) is 0 Å². The molecule has 1 aliphatic carbocycles. The standard InChI is InChI=1S/C28H43NO6/c1-7-16(2)12-17(3)13-19(5)26-18(4)8-9-22(35-26)24-25(32)21(15-29(6)27(24)33)28(34)11-10-20(30)14-23(28)31/h13,15-18,22-23,26,31-32,34H,7-12,14H2,1-6H3/b19-13+/t16?,17?,18-,22+,23-,26-,28+/m1/s1. The molecule has 2 aliphatic rings. The van der Waals surface area contributed by atoms with Gasteiger partial charge in [-0.25, -0.2) is 0 Å². The van der Waals surface area contributed by atoms with Crippen molar-refractivity contribution < 1.29 is 24.9 Å². The second kappa shape index (κ2) is 11.0. The normalized spacial score (nSPS) is 31.9. The van der Waals surface area contributed by atoms with Gasteiger partial charge in [0.1, 0.15) is 17.1 Å². The average Bonchev–Trinajstić information content (AvgIpc) is 2.79. The number of allylic oxidation sites excluding steroid dienone is 1. The van der Waals surface area contributed by atoms with Crippen LogP contribution in [0.2, 0.25) is 0 Å². The van der Waals surface area contributed by atoms with Crippen LogP contribution in [0.15, 0.2) is 22.6 Å². The van der Waals surface area contributed by atoms with E-state index in [2.05, 4.69) is 40.7 Å². The number of ether oxygens (including phenoxy) is 1. The molecule has 0 amide bonds. The van der Waals surface area contributed by atoms with E-state index in [0.29, 0.717) is 18.3 Å². The van der Waals surface area contributed by atoms with Gasteiger partial charge in [-0.1, -0.05) is 40.2 Å². The van der Waals surface area contributed by atoms with E-state index in [1.54, 1.807) is 7.05 Å². The summed E-state index contributed by atoms with van der Waals surface area (Å²) in [6.45, 7) is 10.9. The summed E-state index contributed by atoms with van der Waals surface area (Å²) in [5, 5.41) is 33.1. The van der Waals surface area contributed by atoms with Crippen molar-refractivity contribution in [1.29, 1.82) is 0 Å². The van der Waals surface area contributed by atoms with Crippen LogP contribution in [0.5, 0.6) is 5.75 Å². The third kappa shape index (κ3) is 5.73. The Morgan fingerprint density at radius 1 is 1.31 bits per heavy atom. The van der Waals surface area contributed by atoms with Crippen LogP contribution < -0.4 is 5.56 Å². The van der Waals surface area contributed by atoms with E-state index in [4.69, 9.17) is 4.74 Å². The molecule has 0 spiro atoms. The van der Waals surface area contributed by atoms with E-state index in [9.17, 15) is 24.9 Å². The number of hydrogen-bond donors (Lipinski definition) is 3. The quantitative estimate of drug-likeness (QED) is 0.494. The van der Waals surface area contributed by atoms with E-state index >= 15 is 0 Å². The maximum absolute atomic E-state index is 13.2. The number of Topliss-reactive ketones (excluding diaryl/α,β-unsaturated/α-hetero) is 1. The monoisotopic (exact) mass is 489 g/mol. The van der Waals surface area contributed by atoms with Crippen LogP contribution in [-0.2, 0) is 22.2 Å². The van der Waals surface area contributed by atoms with Crippen molar-refractivity contribution in [2.45, 2.75) is 103 Å². The molecule has 0 radical (unpaired) electrons. The van der Waals surface area contributed by atoms with Gasteiger partial charge in [-0.15, -0.1) is 0 Å². The fourth-order valence-electron chi connectivity index (χ4n) is 5.78. The second-order valence-corrected chi connectivity index (χ2v) is 11.1. The smallest absolute Gasteiger partial charge is 0.259 e. The van der Waals surface area contributed by atoms with Crippen molar-refractivity contribution in [3.8, 4) is 5.75 Å². The zero-order chi connectivity index (χ0) is 26.1. The van der Waals surface area contributed by atoms with Gasteiger partial charge in [0, 0.05) is 31.6 Å². The molecule has 35 heavy (non-hydrogen) atoms. The fourth-order valence-corrected chi connectivity index (χ4v) is 5.78. The molecule has 2 heterocycles. The summed E-state index contributed by atoms with van der Waals surface area (Å²) in [7, 11) is 1.56. The predicted molar refractivity (Wildman–Crippen MR) is 135 cm³/mol. The van der Waals surface area contributed by atoms with E-state index in [1.807, 2.05) is 0 Å². The Morgan fingerprint density at radius 3 is 2.63 bits per heavy atom. The number of aromatic hydroxyl groups is 1. The number of pyridine rings is 1. The van der Waals surface area contributed by atoms with Crippen molar-refractivity contribution >= 4 is 5.78 Å². The van der Waals surface area contributed by atoms with Gasteiger partial charge in [0.25, 0.3) is 5.56 Å². The minimum atomic E-state index is -1.80. The second-order valence-electron chi connectivity index (χ2n) is 11.1. The van der Waals surface area contributed by atoms with E-state index < -0.39 is 17.8 Å². The van der Waals surface area contributed by atoms with E-state index in [1.165, 1.54) is 10.8 Å². The van der Waals surface area contributed by atoms with Crippen molar-refractivity contribution in [3.63, 3.8) is 0 Å². The Hall–Kier alpha value is -1.96. The van der Waals surface area contributed by atoms with Crippen LogP contribution in [0.25, 0.3) is 0 Å². The first-order valence-corrected chi connectivity index (χ1v) is 13.1. The summed E-state index contributed by atoms with van der Waals surface area (Å²) in [5.41, 5.74) is -0.879. The first-order chi connectivity index (χ1) is 16.4. The average molecular weight is 490 g/mol. The Morgan fingerprint density at radius 2 is 2.00 bits per heavy atom. The molecule has 0 bridgehead atoms. The van der Waals surface area contributed by atoms with Gasteiger partial charge < -0.3 is 24.6 Å². The lowest BCUT2D eigenvalue weighted by molar-refractivity contribution is -0.143. The molecule has 3 N–H and O–H groups in total. The molecule has 2 unspecified atom stereocenters. The molecule has 7 atom stereocenters.